The maximum Gasteiger partial charge on any atom is 0.0805 e. The molecule has 0 atom stereocenters. The SMILES string of the molecule is [CH]1C[SiH2]CCO1. The lowest BCUT2D eigenvalue weighted by Crippen LogP contribution is -2.04. The molecule has 0 aromatic rings. The quantitative estimate of drug-likeness (QED) is 0.396. The van der Waals surface area contributed by atoms with Gasteiger partial charge in [-0.05, 0) is 12.1 Å². The van der Waals surface area contributed by atoms with E-state index < -0.39 is 0 Å². The summed E-state index contributed by atoms with van der Waals surface area (Å²) in [6, 6.07) is 2.68. The molecule has 1 radical (unpaired) electrons. The van der Waals surface area contributed by atoms with E-state index in [4.69, 9.17) is 4.74 Å². The molecule has 0 bridgehead atoms. The Balaban J connectivity index is 2.00. The first-order valence-corrected chi connectivity index (χ1v) is 4.43. The summed E-state index contributed by atoms with van der Waals surface area (Å²) in [6.45, 7) is 2.96. The van der Waals surface area contributed by atoms with Gasteiger partial charge in [-0.25, -0.2) is 0 Å². The number of hydrogen-bond acceptors (Lipinski definition) is 1. The van der Waals surface area contributed by atoms with E-state index in [-0.39, 0.29) is 0 Å². The average molecular weight is 101 g/mol. The lowest BCUT2D eigenvalue weighted by Gasteiger charge is -2.06. The van der Waals surface area contributed by atoms with E-state index in [1.54, 1.807) is 0 Å². The fourth-order valence-electron chi connectivity index (χ4n) is 0.580. The molecule has 2 heteroatoms. The minimum absolute atomic E-state index is 0.328. The molecule has 35 valence electrons. The Kier molecular flexibility index (Phi) is 1.71. The Hall–Kier alpha value is 0.177. The van der Waals surface area contributed by atoms with Crippen LogP contribution in [0.1, 0.15) is 0 Å². The first-order valence-electron chi connectivity index (χ1n) is 2.43. The van der Waals surface area contributed by atoms with Gasteiger partial charge in [-0.3, -0.25) is 0 Å². The van der Waals surface area contributed by atoms with Crippen LogP contribution < -0.4 is 0 Å². The van der Waals surface area contributed by atoms with Gasteiger partial charge < -0.3 is 4.74 Å². The average Bonchev–Trinajstić information content (AvgIpc) is 1.72. The molecular formula is C4H9OSi. The summed E-state index contributed by atoms with van der Waals surface area (Å²) < 4.78 is 4.98. The summed E-state index contributed by atoms with van der Waals surface area (Å²) in [4.78, 5) is 0. The minimum Gasteiger partial charge on any atom is -0.376 e. The van der Waals surface area contributed by atoms with Crippen LogP contribution in [0.2, 0.25) is 12.1 Å². The van der Waals surface area contributed by atoms with E-state index >= 15 is 0 Å². The van der Waals surface area contributed by atoms with E-state index in [2.05, 4.69) is 0 Å². The number of ether oxygens (including phenoxy) is 1. The van der Waals surface area contributed by atoms with Crippen LogP contribution in [0.3, 0.4) is 0 Å². The maximum atomic E-state index is 4.98. The summed E-state index contributed by atoms with van der Waals surface area (Å²) >= 11 is 0. The van der Waals surface area contributed by atoms with Crippen LogP contribution in [-0.2, 0) is 4.74 Å². The standard InChI is InChI=1S/C4H9OSi/c1-3-6-4-2-5-1/h1H,2-4,6H2. The van der Waals surface area contributed by atoms with Crippen LogP contribution in [-0.4, -0.2) is 16.1 Å². The van der Waals surface area contributed by atoms with Crippen molar-refractivity contribution in [2.45, 2.75) is 12.1 Å². The molecule has 0 saturated carbocycles. The van der Waals surface area contributed by atoms with Crippen LogP contribution in [0.15, 0.2) is 0 Å². The topological polar surface area (TPSA) is 9.23 Å². The lowest BCUT2D eigenvalue weighted by molar-refractivity contribution is 0.212. The molecule has 1 saturated heterocycles. The Morgan fingerprint density at radius 1 is 1.67 bits per heavy atom. The lowest BCUT2D eigenvalue weighted by atomic mass is 10.8. The van der Waals surface area contributed by atoms with Crippen molar-refractivity contribution in [2.75, 3.05) is 6.61 Å². The van der Waals surface area contributed by atoms with E-state index in [0.29, 0.717) is 9.52 Å². The Bertz CT molecular complexity index is 23.0. The molecule has 6 heavy (non-hydrogen) atoms. The molecule has 0 spiro atoms. The molecule has 0 N–H and O–H groups in total. The van der Waals surface area contributed by atoms with Crippen molar-refractivity contribution in [2.24, 2.45) is 0 Å². The van der Waals surface area contributed by atoms with Crippen LogP contribution in [0.5, 0.6) is 0 Å². The fourth-order valence-corrected chi connectivity index (χ4v) is 1.57. The molecule has 0 unspecified atom stereocenters. The molecule has 1 nitrogen and oxygen atoms in total. The highest BCUT2D eigenvalue weighted by Crippen LogP contribution is 2.00. The smallest absolute Gasteiger partial charge is 0.0805 e. The summed E-state index contributed by atoms with van der Waals surface area (Å²) in [5.41, 5.74) is 0. The van der Waals surface area contributed by atoms with Crippen LogP contribution in [0, 0.1) is 6.61 Å². The number of hydrogen-bond donors (Lipinski definition) is 0. The summed E-state index contributed by atoms with van der Waals surface area (Å²) in [5.74, 6) is 0. The zero-order valence-electron chi connectivity index (χ0n) is 3.81. The van der Waals surface area contributed by atoms with Crippen molar-refractivity contribution >= 4 is 9.52 Å². The Morgan fingerprint density at radius 2 is 2.67 bits per heavy atom. The van der Waals surface area contributed by atoms with Gasteiger partial charge in [0.1, 0.15) is 0 Å². The van der Waals surface area contributed by atoms with Crippen molar-refractivity contribution in [1.29, 1.82) is 0 Å². The summed E-state index contributed by atoms with van der Waals surface area (Å²) in [7, 11) is 0.328. The van der Waals surface area contributed by atoms with Crippen molar-refractivity contribution in [3.63, 3.8) is 0 Å². The third-order valence-electron chi connectivity index (χ3n) is 0.952. The molecule has 1 aliphatic rings. The molecule has 0 amide bonds. The maximum absolute atomic E-state index is 4.98. The predicted octanol–water partition coefficient (Wildman–Crippen LogP) is 0.184. The molecule has 1 fully saturated rings. The van der Waals surface area contributed by atoms with Gasteiger partial charge in [-0.1, -0.05) is 0 Å². The number of rotatable bonds is 0. The van der Waals surface area contributed by atoms with Gasteiger partial charge in [0.15, 0.2) is 0 Å². The summed E-state index contributed by atoms with van der Waals surface area (Å²) in [5, 5.41) is 0. The van der Waals surface area contributed by atoms with Gasteiger partial charge in [0.25, 0.3) is 0 Å². The van der Waals surface area contributed by atoms with Gasteiger partial charge >= 0.3 is 0 Å². The third kappa shape index (κ3) is 1.10. The second kappa shape index (κ2) is 2.37. The fraction of sp³-hybridized carbons (Fsp3) is 0.750. The van der Waals surface area contributed by atoms with Crippen molar-refractivity contribution < 1.29 is 4.74 Å². The Labute approximate surface area is 40.5 Å². The molecule has 0 aromatic heterocycles. The van der Waals surface area contributed by atoms with Gasteiger partial charge in [0.05, 0.1) is 6.61 Å². The molecule has 1 heterocycles. The van der Waals surface area contributed by atoms with E-state index in [9.17, 15) is 0 Å². The predicted molar refractivity (Wildman–Crippen MR) is 28.4 cm³/mol. The second-order valence-electron chi connectivity index (χ2n) is 1.53. The third-order valence-corrected chi connectivity index (χ3v) is 2.38. The van der Waals surface area contributed by atoms with Crippen LogP contribution in [0.25, 0.3) is 0 Å². The van der Waals surface area contributed by atoms with Crippen molar-refractivity contribution in [3.05, 3.63) is 6.61 Å². The van der Waals surface area contributed by atoms with Crippen molar-refractivity contribution in [1.82, 2.24) is 0 Å². The highest BCUT2D eigenvalue weighted by molar-refractivity contribution is 6.36. The molecule has 0 aliphatic carbocycles. The largest absolute Gasteiger partial charge is 0.376 e. The Morgan fingerprint density at radius 3 is 2.83 bits per heavy atom. The van der Waals surface area contributed by atoms with Gasteiger partial charge in [-0.15, -0.1) is 0 Å². The first-order chi connectivity index (χ1) is 3.00. The monoisotopic (exact) mass is 101 g/mol. The normalized spacial score (nSPS) is 24.0. The van der Waals surface area contributed by atoms with E-state index in [1.807, 2.05) is 6.61 Å². The van der Waals surface area contributed by atoms with Gasteiger partial charge in [0, 0.05) is 16.1 Å². The van der Waals surface area contributed by atoms with Crippen LogP contribution in [0.4, 0.5) is 0 Å². The molecular weight excluding hydrogens is 92.1 g/mol. The highest BCUT2D eigenvalue weighted by atomic mass is 28.2. The van der Waals surface area contributed by atoms with Gasteiger partial charge in [0.2, 0.25) is 0 Å². The molecule has 1 rings (SSSR count). The minimum atomic E-state index is 0.328. The highest BCUT2D eigenvalue weighted by Gasteiger charge is 1.96. The zero-order chi connectivity index (χ0) is 4.24. The van der Waals surface area contributed by atoms with Crippen molar-refractivity contribution in [3.8, 4) is 0 Å². The van der Waals surface area contributed by atoms with Gasteiger partial charge in [-0.2, -0.15) is 0 Å². The van der Waals surface area contributed by atoms with Crippen LogP contribution >= 0.6 is 0 Å². The molecule has 1 aliphatic heterocycles. The van der Waals surface area contributed by atoms with E-state index in [0.717, 1.165) is 6.61 Å². The first kappa shape index (κ1) is 4.34. The second-order valence-corrected chi connectivity index (χ2v) is 3.52. The molecule has 0 aromatic carbocycles. The van der Waals surface area contributed by atoms with E-state index in [1.165, 1.54) is 12.1 Å². The summed E-state index contributed by atoms with van der Waals surface area (Å²) in [6.07, 6.45) is 0. The zero-order valence-corrected chi connectivity index (χ0v) is 5.23.